The normalized spacial score (nSPS) is 17.8. The van der Waals surface area contributed by atoms with E-state index in [-0.39, 0.29) is 35.2 Å². The Kier molecular flexibility index (Phi) is 6.36. The molecule has 2 heterocycles. The van der Waals surface area contributed by atoms with Gasteiger partial charge in [-0.2, -0.15) is 5.10 Å². The minimum absolute atomic E-state index is 0.0623. The summed E-state index contributed by atoms with van der Waals surface area (Å²) >= 11 is 0. The summed E-state index contributed by atoms with van der Waals surface area (Å²) in [5, 5.41) is 4.20. The summed E-state index contributed by atoms with van der Waals surface area (Å²) in [4.78, 5) is 26.7. The molecule has 0 bridgehead atoms. The number of hydrogen-bond donors (Lipinski definition) is 0. The first-order valence-corrected chi connectivity index (χ1v) is 11.4. The number of ether oxygens (including phenoxy) is 1. The fraction of sp³-hybridized carbons (Fsp3) is 0.450. The number of aromatic nitrogens is 2. The average Bonchev–Trinajstić information content (AvgIpc) is 3.07. The number of rotatable bonds is 7. The fourth-order valence-corrected chi connectivity index (χ4v) is 5.13. The quantitative estimate of drug-likeness (QED) is 0.674. The highest BCUT2D eigenvalue weighted by atomic mass is 32.2. The highest BCUT2D eigenvalue weighted by Crippen LogP contribution is 2.22. The monoisotopic (exact) mass is 419 g/mol. The molecule has 1 fully saturated rings. The van der Waals surface area contributed by atoms with Gasteiger partial charge < -0.3 is 9.64 Å². The zero-order chi connectivity index (χ0) is 21.0. The van der Waals surface area contributed by atoms with Crippen LogP contribution in [0.1, 0.15) is 35.8 Å². The van der Waals surface area contributed by atoms with E-state index in [0.717, 1.165) is 5.56 Å². The molecule has 1 unspecified atom stereocenters. The molecule has 1 aromatic carbocycles. The molecule has 3 rings (SSSR count). The summed E-state index contributed by atoms with van der Waals surface area (Å²) < 4.78 is 30.4. The molecule has 2 aromatic rings. The molecule has 0 aliphatic carbocycles. The van der Waals surface area contributed by atoms with Gasteiger partial charge in [0, 0.05) is 25.2 Å². The third kappa shape index (κ3) is 5.03. The Morgan fingerprint density at radius 2 is 1.97 bits per heavy atom. The number of hydrogen-bond acceptors (Lipinski definition) is 6. The summed E-state index contributed by atoms with van der Waals surface area (Å²) in [6, 6.07) is 9.57. The minimum atomic E-state index is -3.17. The van der Waals surface area contributed by atoms with Gasteiger partial charge in [-0.15, -0.1) is 0 Å². The molecule has 0 radical (unpaired) electrons. The van der Waals surface area contributed by atoms with E-state index in [0.29, 0.717) is 25.1 Å². The molecule has 0 N–H and O–H groups in total. The van der Waals surface area contributed by atoms with E-state index in [1.807, 2.05) is 19.1 Å². The van der Waals surface area contributed by atoms with Crippen LogP contribution in [-0.2, 0) is 22.9 Å². The van der Waals surface area contributed by atoms with Gasteiger partial charge in [0.25, 0.3) is 11.5 Å². The van der Waals surface area contributed by atoms with Gasteiger partial charge in [0.2, 0.25) is 0 Å². The van der Waals surface area contributed by atoms with E-state index in [2.05, 4.69) is 5.10 Å². The molecule has 9 heteroatoms. The Morgan fingerprint density at radius 1 is 1.24 bits per heavy atom. The largest absolute Gasteiger partial charge is 0.497 e. The van der Waals surface area contributed by atoms with Crippen molar-refractivity contribution in [1.82, 2.24) is 14.7 Å². The van der Waals surface area contributed by atoms with Gasteiger partial charge in [-0.25, -0.2) is 13.1 Å². The molecule has 0 spiro atoms. The molecule has 156 valence electrons. The third-order valence-corrected chi connectivity index (χ3v) is 6.69. The zero-order valence-corrected chi connectivity index (χ0v) is 17.4. The van der Waals surface area contributed by atoms with Crippen LogP contribution < -0.4 is 10.3 Å². The van der Waals surface area contributed by atoms with Crippen LogP contribution >= 0.6 is 0 Å². The maximum Gasteiger partial charge on any atom is 0.274 e. The summed E-state index contributed by atoms with van der Waals surface area (Å²) in [6.45, 7) is 2.58. The van der Waals surface area contributed by atoms with Crippen LogP contribution in [0.15, 0.2) is 41.2 Å². The molecule has 1 atom stereocenters. The predicted octanol–water partition coefficient (Wildman–Crippen LogP) is 1.49. The van der Waals surface area contributed by atoms with Gasteiger partial charge in [0.15, 0.2) is 9.84 Å². The van der Waals surface area contributed by atoms with Crippen molar-refractivity contribution in [3.63, 3.8) is 0 Å². The molecular formula is C20H25N3O5S. The first kappa shape index (κ1) is 21.0. The lowest BCUT2D eigenvalue weighted by molar-refractivity contribution is 0.0671. The highest BCUT2D eigenvalue weighted by molar-refractivity contribution is 7.91. The van der Waals surface area contributed by atoms with Crippen molar-refractivity contribution >= 4 is 15.7 Å². The Balaban J connectivity index is 1.92. The number of methoxy groups -OCH3 is 1. The van der Waals surface area contributed by atoms with Crippen molar-refractivity contribution in [2.45, 2.75) is 38.9 Å². The number of amides is 1. The van der Waals surface area contributed by atoms with Crippen molar-refractivity contribution in [3.8, 4) is 5.75 Å². The zero-order valence-electron chi connectivity index (χ0n) is 16.6. The number of aryl methyl sites for hydroxylation is 1. The maximum absolute atomic E-state index is 13.3. The van der Waals surface area contributed by atoms with E-state index < -0.39 is 15.9 Å². The van der Waals surface area contributed by atoms with Crippen molar-refractivity contribution in [1.29, 1.82) is 0 Å². The summed E-state index contributed by atoms with van der Waals surface area (Å²) in [7, 11) is -1.60. The number of nitrogens with zero attached hydrogens (tertiary/aromatic N) is 3. The number of carbonyl (C=O) groups excluding carboxylic acids is 1. The molecule has 1 aliphatic rings. The molecule has 1 aromatic heterocycles. The lowest BCUT2D eigenvalue weighted by atomic mass is 10.1. The number of carbonyl (C=O) groups is 1. The standard InChI is InChI=1S/C20H25N3O5S/c1-3-11-23-19(24)9-8-18(21-23)20(25)22(16-10-12-29(26,27)14-16)13-15-4-6-17(28-2)7-5-15/h4-9,16H,3,10-14H2,1-2H3. The van der Waals surface area contributed by atoms with Gasteiger partial charge in [0.05, 0.1) is 18.6 Å². The lowest BCUT2D eigenvalue weighted by Crippen LogP contribution is -2.41. The molecule has 1 amide bonds. The smallest absolute Gasteiger partial charge is 0.274 e. The van der Waals surface area contributed by atoms with Crippen LogP contribution in [0.5, 0.6) is 5.75 Å². The first-order valence-electron chi connectivity index (χ1n) is 9.55. The van der Waals surface area contributed by atoms with E-state index in [4.69, 9.17) is 4.74 Å². The van der Waals surface area contributed by atoms with Crippen molar-refractivity contribution in [2.24, 2.45) is 0 Å². The Morgan fingerprint density at radius 3 is 2.55 bits per heavy atom. The molecular weight excluding hydrogens is 394 g/mol. The highest BCUT2D eigenvalue weighted by Gasteiger charge is 2.35. The SMILES string of the molecule is CCCn1nc(C(=O)N(Cc2ccc(OC)cc2)C2CCS(=O)(=O)C2)ccc1=O. The van der Waals surface area contributed by atoms with Gasteiger partial charge in [-0.3, -0.25) is 9.59 Å². The maximum atomic E-state index is 13.3. The second-order valence-electron chi connectivity index (χ2n) is 7.12. The van der Waals surface area contributed by atoms with E-state index in [1.165, 1.54) is 16.8 Å². The third-order valence-electron chi connectivity index (χ3n) is 4.94. The van der Waals surface area contributed by atoms with Gasteiger partial charge in [-0.05, 0) is 36.6 Å². The number of benzene rings is 1. The molecule has 1 aliphatic heterocycles. The lowest BCUT2D eigenvalue weighted by Gasteiger charge is -2.28. The molecule has 29 heavy (non-hydrogen) atoms. The molecule has 8 nitrogen and oxygen atoms in total. The van der Waals surface area contributed by atoms with Crippen LogP contribution in [0.25, 0.3) is 0 Å². The number of sulfone groups is 1. The summed E-state index contributed by atoms with van der Waals surface area (Å²) in [6.07, 6.45) is 1.10. The Hall–Kier alpha value is -2.68. The molecule has 0 saturated carbocycles. The van der Waals surface area contributed by atoms with E-state index in [1.54, 1.807) is 24.1 Å². The summed E-state index contributed by atoms with van der Waals surface area (Å²) in [5.74, 6) is 0.312. The van der Waals surface area contributed by atoms with Gasteiger partial charge in [-0.1, -0.05) is 19.1 Å². The van der Waals surface area contributed by atoms with Crippen LogP contribution in [-0.4, -0.2) is 53.7 Å². The van der Waals surface area contributed by atoms with Gasteiger partial charge in [0.1, 0.15) is 11.4 Å². The van der Waals surface area contributed by atoms with Crippen LogP contribution in [0.2, 0.25) is 0 Å². The van der Waals surface area contributed by atoms with Crippen molar-refractivity contribution < 1.29 is 17.9 Å². The van der Waals surface area contributed by atoms with E-state index >= 15 is 0 Å². The van der Waals surface area contributed by atoms with E-state index in [9.17, 15) is 18.0 Å². The Labute approximate surface area is 170 Å². The summed E-state index contributed by atoms with van der Waals surface area (Å²) in [5.41, 5.74) is 0.717. The van der Waals surface area contributed by atoms with Crippen LogP contribution in [0, 0.1) is 0 Å². The van der Waals surface area contributed by atoms with Crippen LogP contribution in [0.4, 0.5) is 0 Å². The second kappa shape index (κ2) is 8.77. The topological polar surface area (TPSA) is 98.6 Å². The Bertz CT molecular complexity index is 1030. The van der Waals surface area contributed by atoms with Crippen molar-refractivity contribution in [2.75, 3.05) is 18.6 Å². The van der Waals surface area contributed by atoms with Crippen molar-refractivity contribution in [3.05, 3.63) is 58.0 Å². The second-order valence-corrected chi connectivity index (χ2v) is 9.35. The van der Waals surface area contributed by atoms with Gasteiger partial charge >= 0.3 is 0 Å². The fourth-order valence-electron chi connectivity index (χ4n) is 3.40. The van der Waals surface area contributed by atoms with Crippen LogP contribution in [0.3, 0.4) is 0 Å². The molecule has 1 saturated heterocycles. The predicted molar refractivity (Wildman–Crippen MR) is 109 cm³/mol. The minimum Gasteiger partial charge on any atom is -0.497 e. The average molecular weight is 420 g/mol. The first-order chi connectivity index (χ1) is 13.8.